The molecule has 90 valence electrons. The van der Waals surface area contributed by atoms with Crippen LogP contribution in [0.25, 0.3) is 0 Å². The molecule has 0 aromatic heterocycles. The van der Waals surface area contributed by atoms with Gasteiger partial charge in [0, 0.05) is 21.3 Å². The highest BCUT2D eigenvalue weighted by Crippen LogP contribution is 2.32. The summed E-state index contributed by atoms with van der Waals surface area (Å²) in [5, 5.41) is 19.0. The topological polar surface area (TPSA) is 77.4 Å². The van der Waals surface area contributed by atoms with E-state index in [1.54, 1.807) is 0 Å². The smallest absolute Gasteiger partial charge is 0.219 e. The molecule has 6 heteroatoms. The molecule has 0 aromatic carbocycles. The van der Waals surface area contributed by atoms with Gasteiger partial charge in [-0.1, -0.05) is 0 Å². The van der Waals surface area contributed by atoms with E-state index in [-0.39, 0.29) is 6.61 Å². The van der Waals surface area contributed by atoms with Gasteiger partial charge in [0.05, 0.1) is 13.2 Å². The van der Waals surface area contributed by atoms with Gasteiger partial charge in [0.2, 0.25) is 5.79 Å². The van der Waals surface area contributed by atoms with Crippen molar-refractivity contribution in [1.29, 1.82) is 0 Å². The molecule has 1 saturated heterocycles. The van der Waals surface area contributed by atoms with Crippen molar-refractivity contribution in [2.24, 2.45) is 0 Å². The molecule has 0 bridgehead atoms. The molecule has 0 spiro atoms. The first kappa shape index (κ1) is 12.8. The van der Waals surface area contributed by atoms with Crippen molar-refractivity contribution in [3.63, 3.8) is 0 Å². The SMILES string of the molecule is COCC1OC(O)(CO)C(OC)C1OC. The lowest BCUT2D eigenvalue weighted by Crippen LogP contribution is -2.47. The van der Waals surface area contributed by atoms with Crippen LogP contribution >= 0.6 is 0 Å². The lowest BCUT2D eigenvalue weighted by Gasteiger charge is -2.26. The minimum atomic E-state index is -1.72. The Bertz CT molecular complexity index is 199. The summed E-state index contributed by atoms with van der Waals surface area (Å²) in [6, 6.07) is 0. The highest BCUT2D eigenvalue weighted by molar-refractivity contribution is 4.97. The van der Waals surface area contributed by atoms with Crippen molar-refractivity contribution in [3.8, 4) is 0 Å². The third kappa shape index (κ3) is 2.30. The average molecular weight is 222 g/mol. The second-order valence-electron chi connectivity index (χ2n) is 3.47. The molecule has 1 aliphatic rings. The average Bonchev–Trinajstić information content (AvgIpc) is 2.51. The second-order valence-corrected chi connectivity index (χ2v) is 3.47. The molecular weight excluding hydrogens is 204 g/mol. The maximum atomic E-state index is 9.93. The van der Waals surface area contributed by atoms with Crippen LogP contribution in [0.2, 0.25) is 0 Å². The van der Waals surface area contributed by atoms with E-state index in [0.29, 0.717) is 0 Å². The summed E-state index contributed by atoms with van der Waals surface area (Å²) < 4.78 is 20.5. The van der Waals surface area contributed by atoms with Gasteiger partial charge in [0.25, 0.3) is 0 Å². The van der Waals surface area contributed by atoms with E-state index < -0.39 is 30.7 Å². The highest BCUT2D eigenvalue weighted by atomic mass is 16.7. The monoisotopic (exact) mass is 222 g/mol. The summed E-state index contributed by atoms with van der Waals surface area (Å²) in [7, 11) is 4.44. The fourth-order valence-corrected chi connectivity index (χ4v) is 1.86. The molecule has 1 fully saturated rings. The Morgan fingerprint density at radius 1 is 1.27 bits per heavy atom. The van der Waals surface area contributed by atoms with Crippen molar-refractivity contribution in [3.05, 3.63) is 0 Å². The van der Waals surface area contributed by atoms with Gasteiger partial charge >= 0.3 is 0 Å². The fourth-order valence-electron chi connectivity index (χ4n) is 1.86. The molecule has 1 aliphatic heterocycles. The van der Waals surface area contributed by atoms with E-state index in [1.807, 2.05) is 0 Å². The summed E-state index contributed by atoms with van der Waals surface area (Å²) >= 11 is 0. The largest absolute Gasteiger partial charge is 0.391 e. The predicted molar refractivity (Wildman–Crippen MR) is 50.4 cm³/mol. The van der Waals surface area contributed by atoms with E-state index >= 15 is 0 Å². The van der Waals surface area contributed by atoms with Crippen molar-refractivity contribution < 1.29 is 29.2 Å². The molecule has 1 rings (SSSR count). The standard InChI is InChI=1S/C9H18O6/c1-12-4-6-7(13-2)8(14-3)9(11,5-10)15-6/h6-8,10-11H,4-5H2,1-3H3. The predicted octanol–water partition coefficient (Wildman–Crippen LogP) is -1.26. The van der Waals surface area contributed by atoms with Crippen molar-refractivity contribution in [2.75, 3.05) is 34.5 Å². The fraction of sp³-hybridized carbons (Fsp3) is 1.00. The van der Waals surface area contributed by atoms with Crippen LogP contribution < -0.4 is 0 Å². The van der Waals surface area contributed by atoms with Gasteiger partial charge < -0.3 is 29.2 Å². The molecule has 15 heavy (non-hydrogen) atoms. The maximum absolute atomic E-state index is 9.93. The first-order valence-electron chi connectivity index (χ1n) is 4.68. The van der Waals surface area contributed by atoms with Gasteiger partial charge in [-0.2, -0.15) is 0 Å². The number of aliphatic hydroxyl groups is 2. The van der Waals surface area contributed by atoms with E-state index in [0.717, 1.165) is 0 Å². The van der Waals surface area contributed by atoms with Gasteiger partial charge in [-0.15, -0.1) is 0 Å². The lowest BCUT2D eigenvalue weighted by molar-refractivity contribution is -0.253. The maximum Gasteiger partial charge on any atom is 0.219 e. The number of hydrogen-bond acceptors (Lipinski definition) is 6. The third-order valence-electron chi connectivity index (χ3n) is 2.55. The van der Waals surface area contributed by atoms with Crippen LogP contribution in [-0.4, -0.2) is 68.9 Å². The molecule has 0 aromatic rings. The number of methoxy groups -OCH3 is 3. The lowest BCUT2D eigenvalue weighted by atomic mass is 10.1. The Morgan fingerprint density at radius 2 is 1.93 bits per heavy atom. The van der Waals surface area contributed by atoms with Crippen molar-refractivity contribution in [2.45, 2.75) is 24.1 Å². The molecule has 0 saturated carbocycles. The summed E-state index contributed by atoms with van der Waals surface area (Å²) in [6.07, 6.45) is -1.65. The molecule has 0 radical (unpaired) electrons. The van der Waals surface area contributed by atoms with E-state index in [1.165, 1.54) is 21.3 Å². The van der Waals surface area contributed by atoms with Gasteiger partial charge in [-0.25, -0.2) is 0 Å². The number of ether oxygens (including phenoxy) is 4. The molecular formula is C9H18O6. The van der Waals surface area contributed by atoms with Gasteiger partial charge in [-0.05, 0) is 0 Å². The Morgan fingerprint density at radius 3 is 2.33 bits per heavy atom. The zero-order valence-electron chi connectivity index (χ0n) is 9.17. The number of rotatable bonds is 5. The number of aliphatic hydroxyl groups excluding tert-OH is 1. The quantitative estimate of drug-likeness (QED) is 0.605. The van der Waals surface area contributed by atoms with Crippen molar-refractivity contribution >= 4 is 0 Å². The normalized spacial score (nSPS) is 41.0. The Labute approximate surface area is 88.7 Å². The summed E-state index contributed by atoms with van der Waals surface area (Å²) in [6.45, 7) is -0.285. The van der Waals surface area contributed by atoms with E-state index in [2.05, 4.69) is 0 Å². The Hall–Kier alpha value is -0.240. The molecule has 1 heterocycles. The second kappa shape index (κ2) is 5.20. The van der Waals surface area contributed by atoms with Crippen LogP contribution in [0.4, 0.5) is 0 Å². The zero-order valence-corrected chi connectivity index (χ0v) is 9.17. The molecule has 2 N–H and O–H groups in total. The summed E-state index contributed by atoms with van der Waals surface area (Å²) in [5.74, 6) is -1.72. The minimum absolute atomic E-state index is 0.265. The van der Waals surface area contributed by atoms with Crippen LogP contribution in [0.1, 0.15) is 0 Å². The van der Waals surface area contributed by atoms with Crippen molar-refractivity contribution in [1.82, 2.24) is 0 Å². The van der Waals surface area contributed by atoms with Crippen LogP contribution in [0.15, 0.2) is 0 Å². The van der Waals surface area contributed by atoms with Crippen LogP contribution in [0.5, 0.6) is 0 Å². The molecule has 0 aliphatic carbocycles. The minimum Gasteiger partial charge on any atom is -0.391 e. The van der Waals surface area contributed by atoms with Gasteiger partial charge in [-0.3, -0.25) is 0 Å². The zero-order chi connectivity index (χ0) is 11.5. The van der Waals surface area contributed by atoms with Crippen LogP contribution in [0.3, 0.4) is 0 Å². The molecule has 4 unspecified atom stereocenters. The van der Waals surface area contributed by atoms with E-state index in [9.17, 15) is 5.11 Å². The number of hydrogen-bond donors (Lipinski definition) is 2. The molecule has 0 amide bonds. The first-order chi connectivity index (χ1) is 7.12. The van der Waals surface area contributed by atoms with E-state index in [4.69, 9.17) is 24.1 Å². The van der Waals surface area contributed by atoms with Gasteiger partial charge in [0.15, 0.2) is 0 Å². The Balaban J connectivity index is 2.80. The highest BCUT2D eigenvalue weighted by Gasteiger charge is 2.55. The molecule has 6 nitrogen and oxygen atoms in total. The summed E-state index contributed by atoms with van der Waals surface area (Å²) in [5.41, 5.74) is 0. The van der Waals surface area contributed by atoms with Crippen LogP contribution in [0, 0.1) is 0 Å². The Kier molecular flexibility index (Phi) is 4.45. The third-order valence-corrected chi connectivity index (χ3v) is 2.55. The summed E-state index contributed by atoms with van der Waals surface area (Å²) in [4.78, 5) is 0. The van der Waals surface area contributed by atoms with Crippen LogP contribution in [-0.2, 0) is 18.9 Å². The first-order valence-corrected chi connectivity index (χ1v) is 4.68. The molecule has 4 atom stereocenters. The van der Waals surface area contributed by atoms with Gasteiger partial charge in [0.1, 0.15) is 18.3 Å².